The molecule has 0 saturated carbocycles. The lowest BCUT2D eigenvalue weighted by molar-refractivity contribution is -0.130. The molecule has 4 atom stereocenters. The number of benzene rings is 2. The summed E-state index contributed by atoms with van der Waals surface area (Å²) in [6.45, 7) is 0. The molecule has 5 rings (SSSR count). The Labute approximate surface area is 183 Å². The van der Waals surface area contributed by atoms with Crippen molar-refractivity contribution in [3.63, 3.8) is 0 Å². The molecule has 6 nitrogen and oxygen atoms in total. The molecule has 3 aliphatic rings. The Balaban J connectivity index is 1.64. The molecular formula is C22H20ClN3O3S. The Kier molecular flexibility index (Phi) is 4.65. The number of nitrogens with zero attached hydrogens (tertiary/aromatic N) is 1. The molecule has 2 saturated heterocycles. The molecule has 4 unspecified atom stereocenters. The predicted molar refractivity (Wildman–Crippen MR) is 118 cm³/mol. The van der Waals surface area contributed by atoms with E-state index in [0.717, 1.165) is 11.3 Å². The molecule has 8 heteroatoms. The average Bonchev–Trinajstić information content (AvgIpc) is 3.32. The first-order chi connectivity index (χ1) is 14.5. The summed E-state index contributed by atoms with van der Waals surface area (Å²) in [4.78, 5) is 41.7. The number of hydrogen-bond acceptors (Lipinski definition) is 5. The molecule has 0 aromatic heterocycles. The van der Waals surface area contributed by atoms with Crippen LogP contribution in [-0.2, 0) is 19.9 Å². The molecule has 30 heavy (non-hydrogen) atoms. The van der Waals surface area contributed by atoms with E-state index in [-0.39, 0.29) is 23.8 Å². The van der Waals surface area contributed by atoms with E-state index < -0.39 is 17.4 Å². The number of halogens is 1. The highest BCUT2D eigenvalue weighted by Crippen LogP contribution is 2.53. The number of thioether (sulfide) groups is 1. The zero-order chi connectivity index (χ0) is 21.0. The van der Waals surface area contributed by atoms with E-state index >= 15 is 0 Å². The van der Waals surface area contributed by atoms with Crippen molar-refractivity contribution in [1.82, 2.24) is 5.32 Å². The summed E-state index contributed by atoms with van der Waals surface area (Å²) >= 11 is 7.66. The molecule has 0 aliphatic carbocycles. The summed E-state index contributed by atoms with van der Waals surface area (Å²) < 4.78 is 0. The molecule has 0 radical (unpaired) electrons. The second-order valence-corrected chi connectivity index (χ2v) is 9.25. The van der Waals surface area contributed by atoms with Crippen LogP contribution in [0.1, 0.15) is 12.0 Å². The van der Waals surface area contributed by atoms with Crippen LogP contribution in [0.5, 0.6) is 0 Å². The molecule has 2 aromatic rings. The highest BCUT2D eigenvalue weighted by molar-refractivity contribution is 7.98. The highest BCUT2D eigenvalue weighted by Gasteiger charge is 2.70. The van der Waals surface area contributed by atoms with Gasteiger partial charge in [-0.1, -0.05) is 29.8 Å². The third-order valence-electron chi connectivity index (χ3n) is 6.34. The third kappa shape index (κ3) is 2.58. The molecule has 3 amide bonds. The Bertz CT molecular complexity index is 1060. The summed E-state index contributed by atoms with van der Waals surface area (Å²) in [5, 5.41) is 6.87. The normalized spacial score (nSPS) is 29.5. The molecule has 2 N–H and O–H groups in total. The van der Waals surface area contributed by atoms with E-state index in [2.05, 4.69) is 10.6 Å². The van der Waals surface area contributed by atoms with Gasteiger partial charge in [0.1, 0.15) is 5.54 Å². The number of anilines is 2. The van der Waals surface area contributed by atoms with Gasteiger partial charge in [-0.05, 0) is 48.8 Å². The van der Waals surface area contributed by atoms with Gasteiger partial charge in [0.25, 0.3) is 0 Å². The van der Waals surface area contributed by atoms with Gasteiger partial charge < -0.3 is 5.32 Å². The van der Waals surface area contributed by atoms with Crippen LogP contribution in [0.3, 0.4) is 0 Å². The SMILES string of the molecule is CSCCC1NC2(C(=O)Nc3ccccc32)C2C(=O)N(c3ccc(Cl)cc3)C(=O)C12. The van der Waals surface area contributed by atoms with Gasteiger partial charge in [-0.3, -0.25) is 19.7 Å². The first-order valence-corrected chi connectivity index (χ1v) is 11.6. The minimum absolute atomic E-state index is 0.264. The Morgan fingerprint density at radius 1 is 1.07 bits per heavy atom. The van der Waals surface area contributed by atoms with Crippen molar-refractivity contribution >= 4 is 52.5 Å². The fourth-order valence-corrected chi connectivity index (χ4v) is 5.71. The minimum Gasteiger partial charge on any atom is -0.324 e. The van der Waals surface area contributed by atoms with Crippen LogP contribution in [0, 0.1) is 11.8 Å². The van der Waals surface area contributed by atoms with Crippen molar-refractivity contribution < 1.29 is 14.4 Å². The van der Waals surface area contributed by atoms with Crippen LogP contribution in [0.25, 0.3) is 0 Å². The number of imide groups is 1. The van der Waals surface area contributed by atoms with Gasteiger partial charge in [0.15, 0.2) is 0 Å². The topological polar surface area (TPSA) is 78.5 Å². The quantitative estimate of drug-likeness (QED) is 0.713. The monoisotopic (exact) mass is 441 g/mol. The van der Waals surface area contributed by atoms with Crippen molar-refractivity contribution in [1.29, 1.82) is 0 Å². The predicted octanol–water partition coefficient (Wildman–Crippen LogP) is 3.02. The summed E-state index contributed by atoms with van der Waals surface area (Å²) in [6, 6.07) is 13.8. The summed E-state index contributed by atoms with van der Waals surface area (Å²) in [5.41, 5.74) is 0.660. The lowest BCUT2D eigenvalue weighted by atomic mass is 9.76. The first-order valence-electron chi connectivity index (χ1n) is 9.80. The number of rotatable bonds is 4. The van der Waals surface area contributed by atoms with Gasteiger partial charge in [-0.15, -0.1) is 0 Å². The maximum atomic E-state index is 13.7. The lowest BCUT2D eigenvalue weighted by Gasteiger charge is -2.29. The van der Waals surface area contributed by atoms with Gasteiger partial charge in [-0.25, -0.2) is 4.90 Å². The smallest absolute Gasteiger partial charge is 0.250 e. The van der Waals surface area contributed by atoms with Crippen LogP contribution in [0.2, 0.25) is 5.02 Å². The van der Waals surface area contributed by atoms with E-state index in [1.54, 1.807) is 36.0 Å². The number of nitrogens with one attached hydrogen (secondary N) is 2. The van der Waals surface area contributed by atoms with Crippen LogP contribution in [-0.4, -0.2) is 35.8 Å². The average molecular weight is 442 g/mol. The van der Waals surface area contributed by atoms with Crippen molar-refractivity contribution in [2.45, 2.75) is 18.0 Å². The zero-order valence-corrected chi connectivity index (χ0v) is 17.8. The number of hydrogen-bond donors (Lipinski definition) is 2. The van der Waals surface area contributed by atoms with Gasteiger partial charge in [0, 0.05) is 22.3 Å². The van der Waals surface area contributed by atoms with E-state index in [1.165, 1.54) is 4.90 Å². The van der Waals surface area contributed by atoms with Crippen LogP contribution < -0.4 is 15.5 Å². The fraction of sp³-hybridized carbons (Fsp3) is 0.318. The number of carbonyl (C=O) groups is 3. The van der Waals surface area contributed by atoms with E-state index in [0.29, 0.717) is 22.8 Å². The number of para-hydroxylation sites is 1. The second kappa shape index (κ2) is 7.11. The Morgan fingerprint density at radius 2 is 1.80 bits per heavy atom. The van der Waals surface area contributed by atoms with Gasteiger partial charge in [-0.2, -0.15) is 11.8 Å². The van der Waals surface area contributed by atoms with Gasteiger partial charge in [0.2, 0.25) is 17.7 Å². The maximum Gasteiger partial charge on any atom is 0.250 e. The Hall–Kier alpha value is -2.35. The molecule has 1 spiro atoms. The highest BCUT2D eigenvalue weighted by atomic mass is 35.5. The molecule has 3 aliphatic heterocycles. The standard InChI is InChI=1S/C22H20ClN3O3S/c1-30-11-10-16-17-18(20(28)26(19(17)27)13-8-6-12(23)7-9-13)22(25-16)14-4-2-3-5-15(14)24-21(22)29/h2-9,16-18,25H,10-11H2,1H3,(H,24,29). The second-order valence-electron chi connectivity index (χ2n) is 7.83. The molecular weight excluding hydrogens is 422 g/mol. The first kappa shape index (κ1) is 19.6. The van der Waals surface area contributed by atoms with E-state index in [1.807, 2.05) is 30.5 Å². The molecule has 3 heterocycles. The number of carbonyl (C=O) groups excluding carboxylic acids is 3. The molecule has 2 aromatic carbocycles. The van der Waals surface area contributed by atoms with Gasteiger partial charge >= 0.3 is 0 Å². The van der Waals surface area contributed by atoms with Crippen LogP contribution >= 0.6 is 23.4 Å². The lowest BCUT2D eigenvalue weighted by Crippen LogP contribution is -2.53. The van der Waals surface area contributed by atoms with Crippen molar-refractivity contribution in [3.05, 3.63) is 59.1 Å². The number of amides is 3. The third-order valence-corrected chi connectivity index (χ3v) is 7.24. The molecule has 2 fully saturated rings. The maximum absolute atomic E-state index is 13.7. The van der Waals surface area contributed by atoms with Gasteiger partial charge in [0.05, 0.1) is 17.5 Å². The molecule has 154 valence electrons. The summed E-state index contributed by atoms with van der Waals surface area (Å²) in [6.07, 6.45) is 2.69. The van der Waals surface area contributed by atoms with Crippen molar-refractivity contribution in [3.8, 4) is 0 Å². The Morgan fingerprint density at radius 3 is 2.53 bits per heavy atom. The van der Waals surface area contributed by atoms with E-state index in [9.17, 15) is 14.4 Å². The molecule has 0 bridgehead atoms. The fourth-order valence-electron chi connectivity index (χ4n) is 5.10. The van der Waals surface area contributed by atoms with Crippen molar-refractivity contribution in [2.75, 3.05) is 22.2 Å². The van der Waals surface area contributed by atoms with E-state index in [4.69, 9.17) is 11.6 Å². The zero-order valence-electron chi connectivity index (χ0n) is 16.2. The van der Waals surface area contributed by atoms with Crippen LogP contribution in [0.4, 0.5) is 11.4 Å². The minimum atomic E-state index is -1.24. The number of fused-ring (bicyclic) bond motifs is 4. The summed E-state index contributed by atoms with van der Waals surface area (Å²) in [5.74, 6) is -1.46. The van der Waals surface area contributed by atoms with Crippen molar-refractivity contribution in [2.24, 2.45) is 11.8 Å². The summed E-state index contributed by atoms with van der Waals surface area (Å²) in [7, 11) is 0. The van der Waals surface area contributed by atoms with Crippen LogP contribution in [0.15, 0.2) is 48.5 Å². The largest absolute Gasteiger partial charge is 0.324 e.